The maximum Gasteiger partial charge on any atom is 0.336 e. The number of fused-ring (bicyclic) bond motifs is 1. The third-order valence-electron chi connectivity index (χ3n) is 3.45. The van der Waals surface area contributed by atoms with Gasteiger partial charge in [-0.2, -0.15) is 0 Å². The molecule has 0 aliphatic rings. The van der Waals surface area contributed by atoms with Crippen molar-refractivity contribution in [3.05, 3.63) is 75.2 Å². The van der Waals surface area contributed by atoms with Crippen LogP contribution >= 0.6 is 0 Å². The molecule has 0 saturated carbocycles. The average Bonchev–Trinajstić information content (AvgIpc) is 2.53. The van der Waals surface area contributed by atoms with Crippen molar-refractivity contribution in [3.8, 4) is 5.69 Å². The van der Waals surface area contributed by atoms with Crippen molar-refractivity contribution < 1.29 is 9.18 Å². The zero-order chi connectivity index (χ0) is 16.6. The minimum atomic E-state index is -0.709. The molecule has 7 heteroatoms. The van der Waals surface area contributed by atoms with Crippen LogP contribution in [0.3, 0.4) is 0 Å². The summed E-state index contributed by atoms with van der Waals surface area (Å²) in [6.07, 6.45) is 0. The molecule has 23 heavy (non-hydrogen) atoms. The molecule has 0 atom stereocenters. The first-order valence-corrected chi connectivity index (χ1v) is 6.78. The Labute approximate surface area is 129 Å². The van der Waals surface area contributed by atoms with Crippen LogP contribution in [0, 0.1) is 5.82 Å². The first-order valence-electron chi connectivity index (χ1n) is 6.78. The zero-order valence-corrected chi connectivity index (χ0v) is 11.9. The van der Waals surface area contributed by atoms with Gasteiger partial charge in [0.25, 0.3) is 5.56 Å². The van der Waals surface area contributed by atoms with E-state index in [1.54, 1.807) is 24.3 Å². The molecule has 0 bridgehead atoms. The molecule has 0 unspecified atom stereocenters. The second kappa shape index (κ2) is 5.53. The lowest BCUT2D eigenvalue weighted by atomic mass is 10.2. The SMILES string of the molecule is NC(=O)Cn1c(=O)n(-c2ccc(F)cc2)c(=O)c2ccccc21. The number of nitrogens with two attached hydrogens (primary N) is 1. The van der Waals surface area contributed by atoms with E-state index in [-0.39, 0.29) is 17.6 Å². The van der Waals surface area contributed by atoms with Crippen LogP contribution < -0.4 is 17.0 Å². The number of hydrogen-bond acceptors (Lipinski definition) is 3. The minimum absolute atomic E-state index is 0.213. The van der Waals surface area contributed by atoms with Crippen LogP contribution in [0.15, 0.2) is 58.1 Å². The number of amides is 1. The summed E-state index contributed by atoms with van der Waals surface area (Å²) in [5.41, 5.74) is 4.48. The highest BCUT2D eigenvalue weighted by atomic mass is 19.1. The molecule has 0 saturated heterocycles. The quantitative estimate of drug-likeness (QED) is 0.775. The van der Waals surface area contributed by atoms with Gasteiger partial charge in [-0.25, -0.2) is 13.8 Å². The molecule has 3 aromatic rings. The highest BCUT2D eigenvalue weighted by molar-refractivity contribution is 5.81. The monoisotopic (exact) mass is 313 g/mol. The van der Waals surface area contributed by atoms with Gasteiger partial charge in [-0.15, -0.1) is 0 Å². The van der Waals surface area contributed by atoms with Crippen molar-refractivity contribution in [3.63, 3.8) is 0 Å². The summed E-state index contributed by atoms with van der Waals surface area (Å²) in [4.78, 5) is 36.5. The van der Waals surface area contributed by atoms with E-state index in [0.29, 0.717) is 5.52 Å². The summed E-state index contributed by atoms with van der Waals surface area (Å²) in [6.45, 7) is -0.360. The summed E-state index contributed by atoms with van der Waals surface area (Å²) < 4.78 is 15.1. The summed E-state index contributed by atoms with van der Waals surface area (Å²) in [5, 5.41) is 0.262. The van der Waals surface area contributed by atoms with Crippen LogP contribution in [-0.4, -0.2) is 15.0 Å². The number of halogens is 1. The number of para-hydroxylation sites is 1. The van der Waals surface area contributed by atoms with Crippen LogP contribution in [0.25, 0.3) is 16.6 Å². The van der Waals surface area contributed by atoms with Crippen molar-refractivity contribution in [2.24, 2.45) is 5.73 Å². The van der Waals surface area contributed by atoms with E-state index in [1.807, 2.05) is 0 Å². The second-order valence-corrected chi connectivity index (χ2v) is 4.97. The molecule has 2 aromatic carbocycles. The first-order chi connectivity index (χ1) is 11.0. The van der Waals surface area contributed by atoms with Gasteiger partial charge >= 0.3 is 5.69 Å². The Bertz CT molecular complexity index is 1020. The Morgan fingerprint density at radius 2 is 1.70 bits per heavy atom. The summed E-state index contributed by atoms with van der Waals surface area (Å²) in [5.74, 6) is -1.19. The van der Waals surface area contributed by atoms with Crippen molar-refractivity contribution in [2.75, 3.05) is 0 Å². The standard InChI is InChI=1S/C16H12FN3O3/c17-10-5-7-11(8-6-10)20-15(22)12-3-1-2-4-13(12)19(16(20)23)9-14(18)21/h1-8H,9H2,(H2,18,21). The van der Waals surface area contributed by atoms with E-state index in [0.717, 1.165) is 21.3 Å². The predicted molar refractivity (Wildman–Crippen MR) is 83.0 cm³/mol. The van der Waals surface area contributed by atoms with Gasteiger partial charge in [-0.3, -0.25) is 14.2 Å². The van der Waals surface area contributed by atoms with Crippen LogP contribution in [0.2, 0.25) is 0 Å². The topological polar surface area (TPSA) is 87.1 Å². The number of nitrogens with zero attached hydrogens (tertiary/aromatic N) is 2. The van der Waals surface area contributed by atoms with E-state index in [9.17, 15) is 18.8 Å². The van der Waals surface area contributed by atoms with E-state index in [2.05, 4.69) is 0 Å². The molecular formula is C16H12FN3O3. The molecule has 2 N–H and O–H groups in total. The Kier molecular flexibility index (Phi) is 3.53. The van der Waals surface area contributed by atoms with Gasteiger partial charge in [0, 0.05) is 0 Å². The Morgan fingerprint density at radius 3 is 2.35 bits per heavy atom. The lowest BCUT2D eigenvalue weighted by molar-refractivity contribution is -0.118. The fraction of sp³-hybridized carbons (Fsp3) is 0.0625. The maximum atomic E-state index is 13.1. The number of primary amides is 1. The molecular weight excluding hydrogens is 301 g/mol. The fourth-order valence-electron chi connectivity index (χ4n) is 2.45. The van der Waals surface area contributed by atoms with E-state index < -0.39 is 23.0 Å². The summed E-state index contributed by atoms with van der Waals surface area (Å²) in [7, 11) is 0. The van der Waals surface area contributed by atoms with Crippen molar-refractivity contribution in [1.82, 2.24) is 9.13 Å². The maximum absolute atomic E-state index is 13.1. The number of benzene rings is 2. The number of carbonyl (C=O) groups excluding carboxylic acids is 1. The normalized spacial score (nSPS) is 10.8. The van der Waals surface area contributed by atoms with Gasteiger partial charge in [0.15, 0.2) is 0 Å². The fourth-order valence-corrected chi connectivity index (χ4v) is 2.45. The smallest absolute Gasteiger partial charge is 0.336 e. The molecule has 0 aliphatic heterocycles. The molecule has 0 radical (unpaired) electrons. The second-order valence-electron chi connectivity index (χ2n) is 4.97. The average molecular weight is 313 g/mol. The lowest BCUT2D eigenvalue weighted by Gasteiger charge is -2.12. The van der Waals surface area contributed by atoms with Gasteiger partial charge < -0.3 is 5.73 Å². The van der Waals surface area contributed by atoms with Gasteiger partial charge in [-0.05, 0) is 36.4 Å². The molecule has 1 amide bonds. The zero-order valence-electron chi connectivity index (χ0n) is 11.9. The number of hydrogen-bond donors (Lipinski definition) is 1. The number of carbonyl (C=O) groups is 1. The molecule has 116 valence electrons. The van der Waals surface area contributed by atoms with Crippen LogP contribution in [-0.2, 0) is 11.3 Å². The molecule has 3 rings (SSSR count). The van der Waals surface area contributed by atoms with Crippen molar-refractivity contribution in [2.45, 2.75) is 6.54 Å². The first kappa shape index (κ1) is 14.7. The van der Waals surface area contributed by atoms with E-state index in [1.165, 1.54) is 12.1 Å². The Morgan fingerprint density at radius 1 is 1.04 bits per heavy atom. The largest absolute Gasteiger partial charge is 0.368 e. The van der Waals surface area contributed by atoms with Crippen molar-refractivity contribution >= 4 is 16.8 Å². The third kappa shape index (κ3) is 2.52. The molecule has 1 aromatic heterocycles. The molecule has 0 fully saturated rings. The van der Waals surface area contributed by atoms with Crippen LogP contribution in [0.1, 0.15) is 0 Å². The van der Waals surface area contributed by atoms with E-state index >= 15 is 0 Å². The van der Waals surface area contributed by atoms with Crippen LogP contribution in [0.4, 0.5) is 4.39 Å². The Hall–Kier alpha value is -3.22. The number of rotatable bonds is 3. The minimum Gasteiger partial charge on any atom is -0.368 e. The lowest BCUT2D eigenvalue weighted by Crippen LogP contribution is -2.41. The third-order valence-corrected chi connectivity index (χ3v) is 3.45. The highest BCUT2D eigenvalue weighted by Crippen LogP contribution is 2.10. The Balaban J connectivity index is 2.43. The van der Waals surface area contributed by atoms with Crippen LogP contribution in [0.5, 0.6) is 0 Å². The summed E-state index contributed by atoms with van der Waals surface area (Å²) >= 11 is 0. The predicted octanol–water partition coefficient (Wildman–Crippen LogP) is 0.777. The molecule has 6 nitrogen and oxygen atoms in total. The number of aromatic nitrogens is 2. The molecule has 1 heterocycles. The van der Waals surface area contributed by atoms with Gasteiger partial charge in [0.1, 0.15) is 12.4 Å². The van der Waals surface area contributed by atoms with Gasteiger partial charge in [-0.1, -0.05) is 12.1 Å². The summed E-state index contributed by atoms with van der Waals surface area (Å²) in [6, 6.07) is 11.4. The van der Waals surface area contributed by atoms with E-state index in [4.69, 9.17) is 5.73 Å². The molecule has 0 aliphatic carbocycles. The van der Waals surface area contributed by atoms with Gasteiger partial charge in [0.2, 0.25) is 5.91 Å². The van der Waals surface area contributed by atoms with Gasteiger partial charge in [0.05, 0.1) is 16.6 Å². The highest BCUT2D eigenvalue weighted by Gasteiger charge is 2.15. The molecule has 0 spiro atoms. The van der Waals surface area contributed by atoms with Crippen molar-refractivity contribution in [1.29, 1.82) is 0 Å².